The van der Waals surface area contributed by atoms with Gasteiger partial charge in [-0.05, 0) is 31.2 Å². The number of nitrogens with zero attached hydrogens (tertiary/aromatic N) is 2. The van der Waals surface area contributed by atoms with Crippen molar-refractivity contribution in [3.8, 4) is 0 Å². The average molecular weight is 277 g/mol. The molecule has 1 aliphatic rings. The van der Waals surface area contributed by atoms with Crippen molar-refractivity contribution in [1.29, 1.82) is 0 Å². The van der Waals surface area contributed by atoms with Gasteiger partial charge in [-0.25, -0.2) is 14.8 Å². The van der Waals surface area contributed by atoms with E-state index in [9.17, 15) is 4.79 Å². The maximum Gasteiger partial charge on any atom is 0.354 e. The molecule has 20 heavy (non-hydrogen) atoms. The second kappa shape index (κ2) is 6.68. The Morgan fingerprint density at radius 1 is 1.35 bits per heavy atom. The lowest BCUT2D eigenvalue weighted by molar-refractivity contribution is 0.0690. The van der Waals surface area contributed by atoms with Gasteiger partial charge in [0, 0.05) is 12.2 Å². The maximum atomic E-state index is 10.9. The predicted molar refractivity (Wildman–Crippen MR) is 78.0 cm³/mol. The van der Waals surface area contributed by atoms with Crippen molar-refractivity contribution in [3.05, 3.63) is 17.5 Å². The highest BCUT2D eigenvalue weighted by Crippen LogP contribution is 2.30. The molecule has 0 radical (unpaired) electrons. The van der Waals surface area contributed by atoms with Crippen molar-refractivity contribution in [3.63, 3.8) is 0 Å². The molecule has 5 heteroatoms. The molecule has 0 aliphatic heterocycles. The van der Waals surface area contributed by atoms with Gasteiger partial charge in [0.05, 0.1) is 0 Å². The summed E-state index contributed by atoms with van der Waals surface area (Å²) in [5, 5.41) is 12.1. The van der Waals surface area contributed by atoms with E-state index in [1.807, 2.05) is 0 Å². The van der Waals surface area contributed by atoms with Crippen LogP contribution in [-0.2, 0) is 0 Å². The van der Waals surface area contributed by atoms with E-state index in [1.54, 1.807) is 6.92 Å². The highest BCUT2D eigenvalue weighted by Gasteiger charge is 2.17. The van der Waals surface area contributed by atoms with Crippen molar-refractivity contribution in [2.75, 3.05) is 11.9 Å². The molecule has 5 nitrogen and oxygen atoms in total. The summed E-state index contributed by atoms with van der Waals surface area (Å²) in [5.74, 6) is 1.06. The molecule has 1 aromatic heterocycles. The van der Waals surface area contributed by atoms with Crippen molar-refractivity contribution >= 4 is 11.9 Å². The molecule has 2 rings (SSSR count). The molecule has 2 N–H and O–H groups in total. The molecule has 0 spiro atoms. The Morgan fingerprint density at radius 3 is 2.70 bits per heavy atom. The van der Waals surface area contributed by atoms with Gasteiger partial charge in [0.15, 0.2) is 5.69 Å². The highest BCUT2D eigenvalue weighted by atomic mass is 16.4. The lowest BCUT2D eigenvalue weighted by Crippen LogP contribution is -2.17. The summed E-state index contributed by atoms with van der Waals surface area (Å²) in [4.78, 5) is 19.2. The number of carboxylic acid groups (broad SMARTS) is 1. The van der Waals surface area contributed by atoms with Crippen LogP contribution in [0.1, 0.15) is 55.2 Å². The fourth-order valence-electron chi connectivity index (χ4n) is 2.76. The summed E-state index contributed by atoms with van der Waals surface area (Å²) in [6, 6.07) is 1.48. The monoisotopic (exact) mass is 277 g/mol. The maximum absolute atomic E-state index is 10.9. The highest BCUT2D eigenvalue weighted by molar-refractivity contribution is 5.85. The summed E-state index contributed by atoms with van der Waals surface area (Å²) in [6.45, 7) is 4.91. The van der Waals surface area contributed by atoms with E-state index in [0.717, 1.165) is 24.8 Å². The topological polar surface area (TPSA) is 75.1 Å². The molecule has 0 atom stereocenters. The van der Waals surface area contributed by atoms with Crippen molar-refractivity contribution in [1.82, 2.24) is 9.97 Å². The number of hydrogen-bond donors (Lipinski definition) is 2. The number of rotatable bonds is 5. The Hall–Kier alpha value is -1.65. The van der Waals surface area contributed by atoms with Crippen LogP contribution in [0.15, 0.2) is 6.07 Å². The minimum Gasteiger partial charge on any atom is -0.477 e. The predicted octanol–water partition coefficient (Wildman–Crippen LogP) is 3.11. The third-order valence-electron chi connectivity index (χ3n) is 4.04. The zero-order valence-electron chi connectivity index (χ0n) is 12.2. The lowest BCUT2D eigenvalue weighted by Gasteiger charge is -2.26. The molecule has 0 saturated heterocycles. The van der Waals surface area contributed by atoms with Gasteiger partial charge < -0.3 is 10.4 Å². The van der Waals surface area contributed by atoms with Crippen LogP contribution in [0.4, 0.5) is 5.95 Å². The fraction of sp³-hybridized carbons (Fsp3) is 0.667. The van der Waals surface area contributed by atoms with Gasteiger partial charge in [0.1, 0.15) is 0 Å². The zero-order chi connectivity index (χ0) is 14.5. The van der Waals surface area contributed by atoms with E-state index in [-0.39, 0.29) is 5.69 Å². The standard InChI is InChI=1S/C15H23N3O2/c1-10-3-5-12(6-4-10)7-8-16-15-17-11(2)9-13(18-15)14(19)20/h9-10,12H,3-8H2,1-2H3,(H,19,20)(H,16,17,18). The third kappa shape index (κ3) is 4.18. The van der Waals surface area contributed by atoms with Crippen LogP contribution < -0.4 is 5.32 Å². The summed E-state index contributed by atoms with van der Waals surface area (Å²) >= 11 is 0. The van der Waals surface area contributed by atoms with Gasteiger partial charge in [-0.15, -0.1) is 0 Å². The molecule has 1 aliphatic carbocycles. The van der Waals surface area contributed by atoms with Crippen molar-refractivity contribution in [2.24, 2.45) is 11.8 Å². The number of carbonyl (C=O) groups is 1. The molecule has 1 saturated carbocycles. The van der Waals surface area contributed by atoms with Gasteiger partial charge in [-0.2, -0.15) is 0 Å². The van der Waals surface area contributed by atoms with Crippen molar-refractivity contribution < 1.29 is 9.90 Å². The second-order valence-electron chi connectivity index (χ2n) is 5.86. The average Bonchev–Trinajstić information content (AvgIpc) is 2.40. The Morgan fingerprint density at radius 2 is 2.05 bits per heavy atom. The molecular formula is C15H23N3O2. The van der Waals surface area contributed by atoms with E-state index >= 15 is 0 Å². The summed E-state index contributed by atoms with van der Waals surface area (Å²) in [7, 11) is 0. The zero-order valence-corrected chi connectivity index (χ0v) is 12.2. The number of carboxylic acids is 1. The van der Waals surface area contributed by atoms with E-state index in [2.05, 4.69) is 22.2 Å². The van der Waals surface area contributed by atoms with Crippen molar-refractivity contribution in [2.45, 2.75) is 46.0 Å². The molecule has 0 unspecified atom stereocenters. The minimum absolute atomic E-state index is 0.0477. The largest absolute Gasteiger partial charge is 0.477 e. The Kier molecular flexibility index (Phi) is 4.93. The van der Waals surface area contributed by atoms with Crippen LogP contribution in [0.2, 0.25) is 0 Å². The Balaban J connectivity index is 1.83. The lowest BCUT2D eigenvalue weighted by atomic mass is 9.81. The summed E-state index contributed by atoms with van der Waals surface area (Å²) in [5.41, 5.74) is 0.720. The number of hydrogen-bond acceptors (Lipinski definition) is 4. The van der Waals surface area contributed by atoms with Crippen LogP contribution in [0, 0.1) is 18.8 Å². The van der Waals surface area contributed by atoms with E-state index in [1.165, 1.54) is 31.7 Å². The van der Waals surface area contributed by atoms with Crippen LogP contribution >= 0.6 is 0 Å². The molecular weight excluding hydrogens is 254 g/mol. The first-order valence-corrected chi connectivity index (χ1v) is 7.37. The van der Waals surface area contributed by atoms with Crippen LogP contribution in [0.25, 0.3) is 0 Å². The van der Waals surface area contributed by atoms with Gasteiger partial charge in [0.25, 0.3) is 0 Å². The van der Waals surface area contributed by atoms with Crippen LogP contribution in [-0.4, -0.2) is 27.6 Å². The van der Waals surface area contributed by atoms with E-state index in [0.29, 0.717) is 11.6 Å². The second-order valence-corrected chi connectivity index (χ2v) is 5.86. The molecule has 0 amide bonds. The summed E-state index contributed by atoms with van der Waals surface area (Å²) < 4.78 is 0. The smallest absolute Gasteiger partial charge is 0.354 e. The fourth-order valence-corrected chi connectivity index (χ4v) is 2.76. The van der Waals surface area contributed by atoms with Gasteiger partial charge in [-0.3, -0.25) is 0 Å². The van der Waals surface area contributed by atoms with Gasteiger partial charge in [0.2, 0.25) is 5.95 Å². The number of anilines is 1. The first-order chi connectivity index (χ1) is 9.54. The molecule has 1 aromatic rings. The normalized spacial score (nSPS) is 22.5. The quantitative estimate of drug-likeness (QED) is 0.865. The van der Waals surface area contributed by atoms with Gasteiger partial charge in [-0.1, -0.05) is 32.6 Å². The first-order valence-electron chi connectivity index (χ1n) is 7.37. The molecule has 0 aromatic carbocycles. The number of nitrogens with one attached hydrogen (secondary N) is 1. The van der Waals surface area contributed by atoms with Gasteiger partial charge >= 0.3 is 5.97 Å². The molecule has 1 fully saturated rings. The third-order valence-corrected chi connectivity index (χ3v) is 4.04. The van der Waals surface area contributed by atoms with Crippen LogP contribution in [0.3, 0.4) is 0 Å². The number of aryl methyl sites for hydroxylation is 1. The van der Waals surface area contributed by atoms with E-state index in [4.69, 9.17) is 5.11 Å². The Bertz CT molecular complexity index is 468. The first kappa shape index (κ1) is 14.8. The number of aromatic nitrogens is 2. The molecule has 110 valence electrons. The molecule has 1 heterocycles. The van der Waals surface area contributed by atoms with Crippen LogP contribution in [0.5, 0.6) is 0 Å². The minimum atomic E-state index is -1.01. The van der Waals surface area contributed by atoms with E-state index < -0.39 is 5.97 Å². The number of aromatic carboxylic acids is 1. The Labute approximate surface area is 119 Å². The summed E-state index contributed by atoms with van der Waals surface area (Å²) in [6.07, 6.45) is 6.37. The SMILES string of the molecule is Cc1cc(C(=O)O)nc(NCCC2CCC(C)CC2)n1. The molecule has 0 bridgehead atoms.